The first kappa shape index (κ1) is 14.3. The average Bonchev–Trinajstić information content (AvgIpc) is 2.02. The van der Waals surface area contributed by atoms with E-state index in [0.29, 0.717) is 13.1 Å². The Morgan fingerprint density at radius 3 is 1.75 bits per heavy atom. The second-order valence-corrected chi connectivity index (χ2v) is 2.83. The van der Waals surface area contributed by atoms with Crippen molar-refractivity contribution < 1.29 is 19.0 Å². The molecule has 2 N–H and O–H groups in total. The lowest BCUT2D eigenvalue weighted by atomic mass is 10.6. The molecular weight excluding hydrogens is 181 g/mol. The third kappa shape index (κ3) is 9.81. The highest BCUT2D eigenvalue weighted by molar-refractivity contribution is 7.46. The molecule has 0 aliphatic rings. The van der Waals surface area contributed by atoms with Gasteiger partial charge in [0.15, 0.2) is 0 Å². The molecule has 0 aromatic heterocycles. The largest absolute Gasteiger partial charge is 0.486 e. The van der Waals surface area contributed by atoms with E-state index >= 15 is 0 Å². The molecule has 74 valence electrons. The predicted octanol–water partition coefficient (Wildman–Crippen LogP) is 1.15. The van der Waals surface area contributed by atoms with Crippen LogP contribution in [-0.4, -0.2) is 27.9 Å². The van der Waals surface area contributed by atoms with Crippen LogP contribution in [0.15, 0.2) is 13.2 Å². The van der Waals surface area contributed by atoms with Gasteiger partial charge in [-0.1, -0.05) is 13.8 Å². The van der Waals surface area contributed by atoms with E-state index in [-0.39, 0.29) is 0 Å². The summed E-state index contributed by atoms with van der Waals surface area (Å²) in [6.07, 6.45) is 0. The van der Waals surface area contributed by atoms with E-state index in [2.05, 4.69) is 17.8 Å². The highest BCUT2D eigenvalue weighted by Crippen LogP contribution is 2.36. The Balaban J connectivity index is 0. The van der Waals surface area contributed by atoms with Gasteiger partial charge in [0.1, 0.15) is 0 Å². The van der Waals surface area contributed by atoms with Crippen LogP contribution in [0.5, 0.6) is 0 Å². The van der Waals surface area contributed by atoms with Crippen LogP contribution in [0.25, 0.3) is 0 Å². The summed E-state index contributed by atoms with van der Waals surface area (Å²) in [5, 5.41) is 1.20. The minimum Gasteiger partial charge on any atom is -0.302 e. The second-order valence-electron chi connectivity index (χ2n) is 1.69. The van der Waals surface area contributed by atoms with Crippen LogP contribution in [0, 0.1) is 0 Å². The molecule has 0 saturated heterocycles. The van der Waals surface area contributed by atoms with Crippen molar-refractivity contribution in [3.05, 3.63) is 13.2 Å². The summed E-state index contributed by atoms with van der Waals surface area (Å²) < 4.78 is 14.4. The van der Waals surface area contributed by atoms with Gasteiger partial charge in [0.25, 0.3) is 0 Å². The molecule has 5 nitrogen and oxygen atoms in total. The molecule has 6 heteroatoms. The molecule has 0 aromatic carbocycles. The SMILES string of the molecule is C=C.CCN(CC)OP(=O)(O)O. The van der Waals surface area contributed by atoms with E-state index < -0.39 is 7.82 Å². The number of phosphoric acid groups is 1. The van der Waals surface area contributed by atoms with E-state index in [1.807, 2.05) is 0 Å². The third-order valence-electron chi connectivity index (χ3n) is 0.927. The van der Waals surface area contributed by atoms with E-state index in [0.717, 1.165) is 0 Å². The first-order valence-corrected chi connectivity index (χ1v) is 5.02. The Labute approximate surface area is 72.8 Å². The van der Waals surface area contributed by atoms with Crippen LogP contribution < -0.4 is 0 Å². The van der Waals surface area contributed by atoms with E-state index in [1.165, 1.54) is 5.06 Å². The molecule has 0 bridgehead atoms. The summed E-state index contributed by atoms with van der Waals surface area (Å²) in [5.41, 5.74) is 0. The molecule has 12 heavy (non-hydrogen) atoms. The summed E-state index contributed by atoms with van der Waals surface area (Å²) in [6.45, 7) is 10.4. The van der Waals surface area contributed by atoms with Crippen molar-refractivity contribution in [2.24, 2.45) is 0 Å². The van der Waals surface area contributed by atoms with Gasteiger partial charge in [-0.3, -0.25) is 0 Å². The fraction of sp³-hybridized carbons (Fsp3) is 0.667. The molecule has 0 rings (SSSR count). The van der Waals surface area contributed by atoms with Crippen LogP contribution in [-0.2, 0) is 9.19 Å². The second kappa shape index (κ2) is 7.46. The number of nitrogens with zero attached hydrogens (tertiary/aromatic N) is 1. The molecule has 0 aliphatic heterocycles. The fourth-order valence-electron chi connectivity index (χ4n) is 0.489. The zero-order valence-corrected chi connectivity index (χ0v) is 8.33. The van der Waals surface area contributed by atoms with Crippen molar-refractivity contribution in [2.45, 2.75) is 13.8 Å². The van der Waals surface area contributed by atoms with Crippen molar-refractivity contribution in [2.75, 3.05) is 13.1 Å². The highest BCUT2D eigenvalue weighted by Gasteiger charge is 2.17. The first-order chi connectivity index (χ1) is 5.49. The Morgan fingerprint density at radius 2 is 1.67 bits per heavy atom. The summed E-state index contributed by atoms with van der Waals surface area (Å²) in [4.78, 5) is 16.6. The molecule has 0 fully saturated rings. The first-order valence-electron chi connectivity index (χ1n) is 3.49. The molecule has 0 spiro atoms. The van der Waals surface area contributed by atoms with Gasteiger partial charge < -0.3 is 9.79 Å². The maximum Gasteiger partial charge on any atom is 0.486 e. The average molecular weight is 197 g/mol. The van der Waals surface area contributed by atoms with Gasteiger partial charge in [0.05, 0.1) is 0 Å². The number of hydrogen-bond acceptors (Lipinski definition) is 3. The lowest BCUT2D eigenvalue weighted by Crippen LogP contribution is -2.21. The standard InChI is InChI=1S/C4H12NO4P.C2H4/c1-3-5(4-2)9-10(6,7)8;1-2/h3-4H2,1-2H3,(H2,6,7,8);1-2H2. The van der Waals surface area contributed by atoms with Crippen LogP contribution in [0.2, 0.25) is 0 Å². The molecule has 0 heterocycles. The van der Waals surface area contributed by atoms with Gasteiger partial charge in [-0.15, -0.1) is 13.2 Å². The Bertz CT molecular complexity index is 142. The molecule has 0 amide bonds. The van der Waals surface area contributed by atoms with Crippen LogP contribution in [0.1, 0.15) is 13.8 Å². The van der Waals surface area contributed by atoms with E-state index in [9.17, 15) is 4.57 Å². The van der Waals surface area contributed by atoms with Gasteiger partial charge in [-0.05, 0) is 0 Å². The topological polar surface area (TPSA) is 70.0 Å². The Kier molecular flexibility index (Phi) is 8.91. The van der Waals surface area contributed by atoms with E-state index in [1.54, 1.807) is 13.8 Å². The van der Waals surface area contributed by atoms with Crippen molar-refractivity contribution in [1.82, 2.24) is 5.06 Å². The van der Waals surface area contributed by atoms with Crippen molar-refractivity contribution >= 4 is 7.82 Å². The van der Waals surface area contributed by atoms with Crippen LogP contribution in [0.4, 0.5) is 0 Å². The van der Waals surface area contributed by atoms with Gasteiger partial charge in [0.2, 0.25) is 0 Å². The molecule has 0 saturated carbocycles. The van der Waals surface area contributed by atoms with Crippen molar-refractivity contribution in [1.29, 1.82) is 0 Å². The van der Waals surface area contributed by atoms with Crippen molar-refractivity contribution in [3.63, 3.8) is 0 Å². The molecule has 0 unspecified atom stereocenters. The molecular formula is C6H16NO4P. The van der Waals surface area contributed by atoms with Gasteiger partial charge in [0, 0.05) is 13.1 Å². The molecule has 0 aliphatic carbocycles. The summed E-state index contributed by atoms with van der Waals surface area (Å²) in [6, 6.07) is 0. The lowest BCUT2D eigenvalue weighted by molar-refractivity contribution is -0.0725. The van der Waals surface area contributed by atoms with E-state index in [4.69, 9.17) is 9.79 Å². The third-order valence-corrected chi connectivity index (χ3v) is 1.37. The number of rotatable bonds is 4. The molecule has 0 atom stereocenters. The fourth-order valence-corrected chi connectivity index (χ4v) is 1.02. The van der Waals surface area contributed by atoms with Crippen LogP contribution >= 0.6 is 7.82 Å². The highest BCUT2D eigenvalue weighted by atomic mass is 31.2. The predicted molar refractivity (Wildman–Crippen MR) is 47.3 cm³/mol. The molecule has 0 radical (unpaired) electrons. The summed E-state index contributed by atoms with van der Waals surface area (Å²) >= 11 is 0. The zero-order valence-electron chi connectivity index (χ0n) is 7.43. The summed E-state index contributed by atoms with van der Waals surface area (Å²) in [7, 11) is -4.33. The van der Waals surface area contributed by atoms with Crippen LogP contribution in [0.3, 0.4) is 0 Å². The number of hydrogen-bond donors (Lipinski definition) is 2. The van der Waals surface area contributed by atoms with Crippen molar-refractivity contribution in [3.8, 4) is 0 Å². The van der Waals surface area contributed by atoms with Gasteiger partial charge in [-0.25, -0.2) is 4.57 Å². The summed E-state index contributed by atoms with van der Waals surface area (Å²) in [5.74, 6) is 0. The zero-order chi connectivity index (χ0) is 10.2. The Hall–Kier alpha value is -0.190. The maximum atomic E-state index is 10.2. The minimum absolute atomic E-state index is 0.460. The van der Waals surface area contributed by atoms with Gasteiger partial charge in [-0.2, -0.15) is 9.69 Å². The normalized spacial score (nSPS) is 10.8. The lowest BCUT2D eigenvalue weighted by Gasteiger charge is -2.17. The number of hydroxylamine groups is 2. The smallest absolute Gasteiger partial charge is 0.302 e. The maximum absolute atomic E-state index is 10.2. The minimum atomic E-state index is -4.33. The van der Waals surface area contributed by atoms with Gasteiger partial charge >= 0.3 is 7.82 Å². The monoisotopic (exact) mass is 197 g/mol. The molecule has 0 aromatic rings. The quantitative estimate of drug-likeness (QED) is 0.402. The Morgan fingerprint density at radius 1 is 1.33 bits per heavy atom.